The first kappa shape index (κ1) is 21.2. The van der Waals surface area contributed by atoms with E-state index in [-0.39, 0.29) is 29.2 Å². The average molecular weight is 443 g/mol. The van der Waals surface area contributed by atoms with Gasteiger partial charge in [0.1, 0.15) is 11.4 Å². The summed E-state index contributed by atoms with van der Waals surface area (Å²) in [6.07, 6.45) is 0.297. The molecule has 0 N–H and O–H groups in total. The maximum atomic E-state index is 13.4. The number of aryl methyl sites for hydroxylation is 2. The van der Waals surface area contributed by atoms with Gasteiger partial charge in [-0.2, -0.15) is 0 Å². The number of rotatable bonds is 4. The highest BCUT2D eigenvalue weighted by atomic mass is 32.2. The predicted molar refractivity (Wildman–Crippen MR) is 115 cm³/mol. The Morgan fingerprint density at radius 3 is 2.45 bits per heavy atom. The molecule has 6 nitrogen and oxygen atoms in total. The van der Waals surface area contributed by atoms with Gasteiger partial charge < -0.3 is 9.32 Å². The smallest absolute Gasteiger partial charge is 0.290 e. The largest absolute Gasteiger partial charge is 0.451 e. The molecule has 2 heterocycles. The Kier molecular flexibility index (Phi) is 5.43. The molecule has 1 atom stereocenters. The number of sulfone groups is 1. The third-order valence-corrected chi connectivity index (χ3v) is 7.48. The van der Waals surface area contributed by atoms with Crippen LogP contribution in [0.5, 0.6) is 0 Å². The van der Waals surface area contributed by atoms with Crippen LogP contribution in [0.2, 0.25) is 0 Å². The molecule has 1 aliphatic rings. The third-order valence-electron chi connectivity index (χ3n) is 5.73. The minimum Gasteiger partial charge on any atom is -0.451 e. The highest BCUT2D eigenvalue weighted by Gasteiger charge is 2.36. The molecule has 3 aromatic rings. The van der Waals surface area contributed by atoms with Gasteiger partial charge in [0.15, 0.2) is 21.0 Å². The predicted octanol–water partition coefficient (Wildman–Crippen LogP) is 3.38. The number of carbonyl (C=O) groups is 1. The SMILES string of the molecule is Cc1cc2oc(C(=O)N(Cc3ccc(F)cc3)C3CCS(=O)(=O)C3)cc(=O)c2cc1C. The monoisotopic (exact) mass is 443 g/mol. The van der Waals surface area contributed by atoms with Gasteiger partial charge in [-0.05, 0) is 61.2 Å². The van der Waals surface area contributed by atoms with Crippen LogP contribution in [0.4, 0.5) is 4.39 Å². The summed E-state index contributed by atoms with van der Waals surface area (Å²) in [4.78, 5) is 27.4. The first-order chi connectivity index (χ1) is 14.6. The number of carbonyl (C=O) groups excluding carboxylic acids is 1. The second-order valence-electron chi connectivity index (χ2n) is 8.02. The van der Waals surface area contributed by atoms with E-state index in [2.05, 4.69) is 0 Å². The Balaban J connectivity index is 1.75. The molecular weight excluding hydrogens is 421 g/mol. The zero-order valence-electron chi connectivity index (χ0n) is 17.2. The van der Waals surface area contributed by atoms with E-state index in [1.54, 1.807) is 24.3 Å². The number of nitrogens with zero attached hydrogens (tertiary/aromatic N) is 1. The van der Waals surface area contributed by atoms with E-state index >= 15 is 0 Å². The summed E-state index contributed by atoms with van der Waals surface area (Å²) < 4.78 is 43.2. The molecule has 1 saturated heterocycles. The lowest BCUT2D eigenvalue weighted by Crippen LogP contribution is -2.40. The van der Waals surface area contributed by atoms with Gasteiger partial charge in [-0.15, -0.1) is 0 Å². The fraction of sp³-hybridized carbons (Fsp3) is 0.304. The van der Waals surface area contributed by atoms with Crippen molar-refractivity contribution < 1.29 is 22.0 Å². The van der Waals surface area contributed by atoms with Crippen LogP contribution in [0.25, 0.3) is 11.0 Å². The number of benzene rings is 2. The van der Waals surface area contributed by atoms with Gasteiger partial charge in [-0.25, -0.2) is 12.8 Å². The summed E-state index contributed by atoms with van der Waals surface area (Å²) in [6, 6.07) is 9.69. The second kappa shape index (κ2) is 7.92. The van der Waals surface area contributed by atoms with E-state index in [1.807, 2.05) is 13.8 Å². The highest BCUT2D eigenvalue weighted by molar-refractivity contribution is 7.91. The maximum absolute atomic E-state index is 13.4. The normalized spacial score (nSPS) is 17.7. The molecular formula is C23H22FNO5S. The van der Waals surface area contributed by atoms with Crippen molar-refractivity contribution >= 4 is 26.7 Å². The standard InChI is InChI=1S/C23H22FNO5S/c1-14-9-19-20(26)11-22(30-21(19)10-15(14)2)23(27)25(18-7-8-31(28,29)13-18)12-16-3-5-17(24)6-4-16/h3-6,9-11,18H,7-8,12-13H2,1-2H3. The molecule has 1 fully saturated rings. The van der Waals surface area contributed by atoms with Crippen LogP contribution in [0.3, 0.4) is 0 Å². The molecule has 1 aromatic heterocycles. The zero-order chi connectivity index (χ0) is 22.3. The van der Waals surface area contributed by atoms with Gasteiger partial charge in [0.05, 0.1) is 16.9 Å². The van der Waals surface area contributed by atoms with E-state index in [9.17, 15) is 22.4 Å². The summed E-state index contributed by atoms with van der Waals surface area (Å²) in [7, 11) is -3.25. The van der Waals surface area contributed by atoms with Crippen molar-refractivity contribution in [2.75, 3.05) is 11.5 Å². The molecule has 4 rings (SSSR count). The van der Waals surface area contributed by atoms with Crippen molar-refractivity contribution in [2.45, 2.75) is 32.9 Å². The number of hydrogen-bond acceptors (Lipinski definition) is 5. The minimum absolute atomic E-state index is 0.00892. The van der Waals surface area contributed by atoms with Crippen molar-refractivity contribution in [3.05, 3.63) is 81.0 Å². The van der Waals surface area contributed by atoms with Crippen LogP contribution in [-0.4, -0.2) is 36.8 Å². The lowest BCUT2D eigenvalue weighted by Gasteiger charge is -2.28. The number of hydrogen-bond donors (Lipinski definition) is 0. The number of fused-ring (bicyclic) bond motifs is 1. The highest BCUT2D eigenvalue weighted by Crippen LogP contribution is 2.24. The van der Waals surface area contributed by atoms with E-state index in [0.29, 0.717) is 23.0 Å². The number of amides is 1. The van der Waals surface area contributed by atoms with Gasteiger partial charge in [0.25, 0.3) is 5.91 Å². The summed E-state index contributed by atoms with van der Waals surface area (Å²) in [5.74, 6) is -1.28. The zero-order valence-corrected chi connectivity index (χ0v) is 18.0. The van der Waals surface area contributed by atoms with Crippen LogP contribution in [0, 0.1) is 19.7 Å². The van der Waals surface area contributed by atoms with Crippen LogP contribution in [-0.2, 0) is 16.4 Å². The van der Waals surface area contributed by atoms with Crippen molar-refractivity contribution in [1.82, 2.24) is 4.90 Å². The first-order valence-electron chi connectivity index (χ1n) is 9.94. The molecule has 1 aliphatic heterocycles. The lowest BCUT2D eigenvalue weighted by molar-refractivity contribution is 0.0648. The summed E-state index contributed by atoms with van der Waals surface area (Å²) in [5, 5.41) is 0.383. The molecule has 1 unspecified atom stereocenters. The van der Waals surface area contributed by atoms with Crippen molar-refractivity contribution in [3.63, 3.8) is 0 Å². The molecule has 0 saturated carbocycles. The molecule has 8 heteroatoms. The Morgan fingerprint density at radius 1 is 1.13 bits per heavy atom. The molecule has 0 radical (unpaired) electrons. The van der Waals surface area contributed by atoms with Crippen molar-refractivity contribution in [1.29, 1.82) is 0 Å². The van der Waals surface area contributed by atoms with Crippen LogP contribution < -0.4 is 5.43 Å². The van der Waals surface area contributed by atoms with Gasteiger partial charge in [0, 0.05) is 18.7 Å². The van der Waals surface area contributed by atoms with Gasteiger partial charge in [0.2, 0.25) is 0 Å². The molecule has 2 aromatic carbocycles. The Bertz CT molecular complexity index is 1330. The fourth-order valence-corrected chi connectivity index (χ4v) is 5.56. The van der Waals surface area contributed by atoms with Crippen LogP contribution in [0.15, 0.2) is 51.7 Å². The van der Waals surface area contributed by atoms with Crippen molar-refractivity contribution in [3.8, 4) is 0 Å². The van der Waals surface area contributed by atoms with E-state index in [0.717, 1.165) is 17.2 Å². The van der Waals surface area contributed by atoms with Crippen LogP contribution in [0.1, 0.15) is 33.7 Å². The van der Waals surface area contributed by atoms with Gasteiger partial charge in [-0.3, -0.25) is 9.59 Å². The van der Waals surface area contributed by atoms with Crippen LogP contribution >= 0.6 is 0 Å². The second-order valence-corrected chi connectivity index (χ2v) is 10.3. The molecule has 1 amide bonds. The molecule has 162 valence electrons. The van der Waals surface area contributed by atoms with E-state index in [4.69, 9.17) is 4.42 Å². The molecule has 31 heavy (non-hydrogen) atoms. The lowest BCUT2D eigenvalue weighted by atomic mass is 10.1. The molecule has 0 aliphatic carbocycles. The molecule has 0 bridgehead atoms. The first-order valence-corrected chi connectivity index (χ1v) is 11.8. The fourth-order valence-electron chi connectivity index (χ4n) is 3.83. The van der Waals surface area contributed by atoms with Gasteiger partial charge >= 0.3 is 0 Å². The third kappa shape index (κ3) is 4.39. The Hall–Kier alpha value is -3.00. The summed E-state index contributed by atoms with van der Waals surface area (Å²) in [5.41, 5.74) is 2.47. The topological polar surface area (TPSA) is 84.7 Å². The van der Waals surface area contributed by atoms with Crippen molar-refractivity contribution in [2.24, 2.45) is 0 Å². The Labute approximate surface area is 179 Å². The minimum atomic E-state index is -3.25. The average Bonchev–Trinajstić information content (AvgIpc) is 3.08. The quantitative estimate of drug-likeness (QED) is 0.617. The van der Waals surface area contributed by atoms with E-state index in [1.165, 1.54) is 17.0 Å². The summed E-state index contributed by atoms with van der Waals surface area (Å²) >= 11 is 0. The summed E-state index contributed by atoms with van der Waals surface area (Å²) in [6.45, 7) is 3.85. The van der Waals surface area contributed by atoms with Gasteiger partial charge in [-0.1, -0.05) is 12.1 Å². The molecule has 0 spiro atoms. The number of halogens is 1. The van der Waals surface area contributed by atoms with E-state index < -0.39 is 27.6 Å². The maximum Gasteiger partial charge on any atom is 0.290 e. The Morgan fingerprint density at radius 2 is 1.81 bits per heavy atom.